The zero-order chi connectivity index (χ0) is 18.6. The van der Waals surface area contributed by atoms with Gasteiger partial charge in [-0.15, -0.1) is 0 Å². The number of ether oxygens (including phenoxy) is 1. The van der Waals surface area contributed by atoms with Crippen molar-refractivity contribution in [2.45, 2.75) is 33.2 Å². The molecule has 0 unspecified atom stereocenters. The first-order chi connectivity index (χ1) is 11.9. The molecule has 0 aliphatic carbocycles. The molecular weight excluding hydrogens is 340 g/mol. The van der Waals surface area contributed by atoms with Gasteiger partial charge in [0, 0.05) is 24.3 Å². The lowest BCUT2D eigenvalue weighted by molar-refractivity contribution is 0.0599. The third-order valence-corrected chi connectivity index (χ3v) is 4.33. The van der Waals surface area contributed by atoms with Gasteiger partial charge in [0.15, 0.2) is 0 Å². The summed E-state index contributed by atoms with van der Waals surface area (Å²) in [5.74, 6) is -0.576. The van der Waals surface area contributed by atoms with E-state index in [0.717, 1.165) is 17.5 Å². The van der Waals surface area contributed by atoms with Gasteiger partial charge in [0.1, 0.15) is 5.69 Å². The lowest BCUT2D eigenvalue weighted by Gasteiger charge is -2.18. The van der Waals surface area contributed by atoms with Crippen molar-refractivity contribution in [3.8, 4) is 0 Å². The normalized spacial score (nSPS) is 10.6. The number of carbonyl (C=O) groups excluding carboxylic acids is 2. The van der Waals surface area contributed by atoms with Gasteiger partial charge in [-0.25, -0.2) is 4.79 Å². The Morgan fingerprint density at radius 2 is 1.88 bits per heavy atom. The van der Waals surface area contributed by atoms with Gasteiger partial charge < -0.3 is 14.6 Å². The molecule has 134 valence electrons. The molecule has 1 aromatic heterocycles. The predicted molar refractivity (Wildman–Crippen MR) is 98.1 cm³/mol. The summed E-state index contributed by atoms with van der Waals surface area (Å²) >= 11 is 5.90. The maximum atomic E-state index is 12.9. The number of hydrogen-bond acceptors (Lipinski definition) is 3. The van der Waals surface area contributed by atoms with Crippen LogP contribution in [0.5, 0.6) is 0 Å². The van der Waals surface area contributed by atoms with E-state index < -0.39 is 5.97 Å². The molecule has 25 heavy (non-hydrogen) atoms. The van der Waals surface area contributed by atoms with Crippen molar-refractivity contribution in [2.75, 3.05) is 14.2 Å². The smallest absolute Gasteiger partial charge is 0.339 e. The number of rotatable bonds is 6. The largest absolute Gasteiger partial charge is 0.465 e. The van der Waals surface area contributed by atoms with Crippen LogP contribution in [0.1, 0.15) is 51.0 Å². The minimum Gasteiger partial charge on any atom is -0.465 e. The van der Waals surface area contributed by atoms with Crippen LogP contribution in [0.15, 0.2) is 24.3 Å². The summed E-state index contributed by atoms with van der Waals surface area (Å²) in [6.07, 6.45) is 1.45. The fourth-order valence-corrected chi connectivity index (χ4v) is 2.99. The molecule has 1 N–H and O–H groups in total. The van der Waals surface area contributed by atoms with Gasteiger partial charge in [-0.2, -0.15) is 0 Å². The van der Waals surface area contributed by atoms with E-state index in [2.05, 4.69) is 4.98 Å². The van der Waals surface area contributed by atoms with Gasteiger partial charge in [-0.3, -0.25) is 4.79 Å². The molecule has 0 fully saturated rings. The van der Waals surface area contributed by atoms with Crippen LogP contribution in [0.2, 0.25) is 5.02 Å². The van der Waals surface area contributed by atoms with Crippen LogP contribution in [0.25, 0.3) is 0 Å². The Labute approximate surface area is 152 Å². The van der Waals surface area contributed by atoms with Crippen LogP contribution >= 0.6 is 11.6 Å². The van der Waals surface area contributed by atoms with E-state index in [0.29, 0.717) is 34.9 Å². The lowest BCUT2D eigenvalue weighted by atomic mass is 10.0. The summed E-state index contributed by atoms with van der Waals surface area (Å²) in [5, 5.41) is 0.658. The van der Waals surface area contributed by atoms with Gasteiger partial charge in [-0.05, 0) is 36.6 Å². The average molecular weight is 363 g/mol. The van der Waals surface area contributed by atoms with Crippen molar-refractivity contribution in [1.29, 1.82) is 0 Å². The summed E-state index contributed by atoms with van der Waals surface area (Å²) < 4.78 is 4.87. The molecule has 0 saturated heterocycles. The predicted octanol–water partition coefficient (Wildman–Crippen LogP) is 3.99. The minimum atomic E-state index is -0.420. The van der Waals surface area contributed by atoms with E-state index in [1.165, 1.54) is 7.11 Å². The topological polar surface area (TPSA) is 62.4 Å². The van der Waals surface area contributed by atoms with Gasteiger partial charge in [-0.1, -0.05) is 37.1 Å². The zero-order valence-electron chi connectivity index (χ0n) is 15.0. The number of carbonyl (C=O) groups is 2. The van der Waals surface area contributed by atoms with E-state index in [4.69, 9.17) is 16.3 Å². The monoisotopic (exact) mass is 362 g/mol. The highest BCUT2D eigenvalue weighted by molar-refractivity contribution is 6.30. The highest BCUT2D eigenvalue weighted by atomic mass is 35.5. The first-order valence-electron chi connectivity index (χ1n) is 8.18. The summed E-state index contributed by atoms with van der Waals surface area (Å²) in [5.41, 5.74) is 3.27. The number of halogens is 1. The Bertz CT molecular complexity index is 766. The molecule has 1 amide bonds. The third-order valence-electron chi connectivity index (χ3n) is 4.07. The highest BCUT2D eigenvalue weighted by Crippen LogP contribution is 2.23. The Balaban J connectivity index is 2.31. The Kier molecular flexibility index (Phi) is 6.26. The molecule has 6 heteroatoms. The Morgan fingerprint density at radius 3 is 2.44 bits per heavy atom. The molecule has 1 aromatic carbocycles. The summed E-state index contributed by atoms with van der Waals surface area (Å²) in [6.45, 7) is 4.24. The van der Waals surface area contributed by atoms with Crippen LogP contribution in [0.3, 0.4) is 0 Å². The minimum absolute atomic E-state index is 0.156. The summed E-state index contributed by atoms with van der Waals surface area (Å²) in [6, 6.07) is 7.37. The molecule has 0 saturated carbocycles. The molecule has 2 aromatic rings. The van der Waals surface area contributed by atoms with Crippen LogP contribution < -0.4 is 0 Å². The molecular formula is C19H23ClN2O3. The SMILES string of the molecule is CCCc1c(C(=O)N(C)Cc2ccc(Cl)cc2)[nH]c(C)c1C(=O)OC. The third kappa shape index (κ3) is 4.23. The van der Waals surface area contributed by atoms with E-state index in [-0.39, 0.29) is 5.91 Å². The number of amides is 1. The van der Waals surface area contributed by atoms with Crippen LogP contribution in [0.4, 0.5) is 0 Å². The number of methoxy groups -OCH3 is 1. The van der Waals surface area contributed by atoms with Crippen molar-refractivity contribution >= 4 is 23.5 Å². The maximum absolute atomic E-state index is 12.9. The van der Waals surface area contributed by atoms with E-state index >= 15 is 0 Å². The maximum Gasteiger partial charge on any atom is 0.339 e. The summed E-state index contributed by atoms with van der Waals surface area (Å²) in [7, 11) is 3.08. The molecule has 0 aliphatic heterocycles. The number of aromatic amines is 1. The number of benzene rings is 1. The van der Waals surface area contributed by atoms with Crippen molar-refractivity contribution in [2.24, 2.45) is 0 Å². The van der Waals surface area contributed by atoms with E-state index in [1.807, 2.05) is 19.1 Å². The van der Waals surface area contributed by atoms with Gasteiger partial charge in [0.05, 0.1) is 12.7 Å². The molecule has 2 rings (SSSR count). The number of aryl methyl sites for hydroxylation is 1. The van der Waals surface area contributed by atoms with Crippen LogP contribution in [-0.4, -0.2) is 35.9 Å². The van der Waals surface area contributed by atoms with E-state index in [1.54, 1.807) is 31.0 Å². The van der Waals surface area contributed by atoms with Crippen molar-refractivity contribution in [3.63, 3.8) is 0 Å². The van der Waals surface area contributed by atoms with Gasteiger partial charge in [0.2, 0.25) is 0 Å². The fraction of sp³-hybridized carbons (Fsp3) is 0.368. The standard InChI is InChI=1S/C19H23ClN2O3/c1-5-6-15-16(19(24)25-4)12(2)21-17(15)18(23)22(3)11-13-7-9-14(20)10-8-13/h7-10,21H,5-6,11H2,1-4H3. The Hall–Kier alpha value is -2.27. The van der Waals surface area contributed by atoms with E-state index in [9.17, 15) is 9.59 Å². The van der Waals surface area contributed by atoms with Crippen molar-refractivity contribution in [3.05, 3.63) is 57.4 Å². The van der Waals surface area contributed by atoms with Crippen LogP contribution in [-0.2, 0) is 17.7 Å². The first-order valence-corrected chi connectivity index (χ1v) is 8.56. The van der Waals surface area contributed by atoms with Crippen LogP contribution in [0, 0.1) is 6.92 Å². The second-order valence-electron chi connectivity index (χ2n) is 6.01. The number of esters is 1. The molecule has 1 heterocycles. The molecule has 0 bridgehead atoms. The molecule has 0 radical (unpaired) electrons. The van der Waals surface area contributed by atoms with Gasteiger partial charge >= 0.3 is 5.97 Å². The number of hydrogen-bond donors (Lipinski definition) is 1. The first kappa shape index (κ1) is 19.1. The number of nitrogens with one attached hydrogen (secondary N) is 1. The number of aromatic nitrogens is 1. The molecule has 5 nitrogen and oxygen atoms in total. The van der Waals surface area contributed by atoms with Crippen molar-refractivity contribution < 1.29 is 14.3 Å². The fourth-order valence-electron chi connectivity index (χ4n) is 2.86. The quantitative estimate of drug-likeness (QED) is 0.790. The lowest BCUT2D eigenvalue weighted by Crippen LogP contribution is -2.27. The second-order valence-corrected chi connectivity index (χ2v) is 6.44. The zero-order valence-corrected chi connectivity index (χ0v) is 15.7. The number of H-pyrrole nitrogens is 1. The molecule has 0 atom stereocenters. The van der Waals surface area contributed by atoms with Gasteiger partial charge in [0.25, 0.3) is 5.91 Å². The number of nitrogens with zero attached hydrogens (tertiary/aromatic N) is 1. The van der Waals surface area contributed by atoms with Crippen molar-refractivity contribution in [1.82, 2.24) is 9.88 Å². The molecule has 0 aliphatic rings. The average Bonchev–Trinajstić information content (AvgIpc) is 2.92. The Morgan fingerprint density at radius 1 is 1.24 bits per heavy atom. The highest BCUT2D eigenvalue weighted by Gasteiger charge is 2.26. The summed E-state index contributed by atoms with van der Waals surface area (Å²) in [4.78, 5) is 29.7. The molecule has 0 spiro atoms. The second kappa shape index (κ2) is 8.21.